The normalized spacial score (nSPS) is 14.0. The maximum absolute atomic E-state index is 12.5. The van der Waals surface area contributed by atoms with Crippen molar-refractivity contribution < 1.29 is 37.6 Å². The molecule has 0 aromatic heterocycles. The van der Waals surface area contributed by atoms with Gasteiger partial charge in [0.05, 0.1) is 13.2 Å². The Hall–Kier alpha value is -2.29. The van der Waals surface area contributed by atoms with E-state index in [1.165, 1.54) is 12.8 Å². The molecule has 51 heavy (non-hydrogen) atoms. The molecule has 3 N–H and O–H groups in total. The second-order valence-corrected chi connectivity index (χ2v) is 14.2. The summed E-state index contributed by atoms with van der Waals surface area (Å²) in [6, 6.07) is 0. The first-order valence-corrected chi connectivity index (χ1v) is 21.3. The fourth-order valence-corrected chi connectivity index (χ4v) is 5.72. The van der Waals surface area contributed by atoms with Crippen LogP contribution in [0.3, 0.4) is 0 Å². The Labute approximate surface area is 310 Å². The monoisotopic (exact) mass is 737 g/mol. The van der Waals surface area contributed by atoms with Crippen LogP contribution >= 0.6 is 7.82 Å². The van der Waals surface area contributed by atoms with Gasteiger partial charge in [-0.2, -0.15) is 0 Å². The van der Waals surface area contributed by atoms with Crippen molar-refractivity contribution in [2.24, 2.45) is 5.73 Å². The van der Waals surface area contributed by atoms with Crippen molar-refractivity contribution in [3.05, 3.63) is 60.8 Å². The van der Waals surface area contributed by atoms with Gasteiger partial charge in [-0.25, -0.2) is 4.57 Å². The largest absolute Gasteiger partial charge is 0.472 e. The fourth-order valence-electron chi connectivity index (χ4n) is 4.96. The molecule has 2 atom stereocenters. The van der Waals surface area contributed by atoms with E-state index in [1.807, 2.05) is 0 Å². The zero-order chi connectivity index (χ0) is 37.5. The molecule has 0 aliphatic heterocycles. The van der Waals surface area contributed by atoms with Crippen molar-refractivity contribution in [1.82, 2.24) is 0 Å². The Bertz CT molecular complexity index is 1020. The quantitative estimate of drug-likeness (QED) is 0.0279. The van der Waals surface area contributed by atoms with E-state index in [1.54, 1.807) is 0 Å². The number of rotatable bonds is 36. The maximum Gasteiger partial charge on any atom is 0.472 e. The van der Waals surface area contributed by atoms with Gasteiger partial charge in [0.2, 0.25) is 0 Å². The summed E-state index contributed by atoms with van der Waals surface area (Å²) in [6.07, 6.45) is 42.5. The first-order chi connectivity index (χ1) is 24.8. The molecule has 0 spiro atoms. The average Bonchev–Trinajstić information content (AvgIpc) is 3.11. The van der Waals surface area contributed by atoms with E-state index < -0.39 is 32.5 Å². The summed E-state index contributed by atoms with van der Waals surface area (Å²) in [4.78, 5) is 34.7. The maximum atomic E-state index is 12.5. The van der Waals surface area contributed by atoms with E-state index in [9.17, 15) is 19.0 Å². The molecule has 2 unspecified atom stereocenters. The van der Waals surface area contributed by atoms with Crippen molar-refractivity contribution >= 4 is 19.8 Å². The number of hydrogen-bond donors (Lipinski definition) is 2. The van der Waals surface area contributed by atoms with Crippen LogP contribution in [0, 0.1) is 0 Å². The first-order valence-electron chi connectivity index (χ1n) is 19.8. The van der Waals surface area contributed by atoms with Crippen LogP contribution in [-0.4, -0.2) is 49.3 Å². The highest BCUT2D eigenvalue weighted by Crippen LogP contribution is 2.43. The molecule has 0 saturated heterocycles. The minimum atomic E-state index is -4.38. The van der Waals surface area contributed by atoms with Crippen LogP contribution in [0.2, 0.25) is 0 Å². The van der Waals surface area contributed by atoms with E-state index in [2.05, 4.69) is 74.6 Å². The lowest BCUT2D eigenvalue weighted by Gasteiger charge is -2.19. The molecule has 10 heteroatoms. The van der Waals surface area contributed by atoms with Gasteiger partial charge in [-0.3, -0.25) is 18.6 Å². The van der Waals surface area contributed by atoms with Gasteiger partial charge >= 0.3 is 19.8 Å². The number of carbonyl (C=O) groups excluding carboxylic acids is 2. The number of carbonyl (C=O) groups is 2. The molecule has 0 aromatic carbocycles. The highest BCUT2D eigenvalue weighted by atomic mass is 31.2. The third-order valence-corrected chi connectivity index (χ3v) is 8.87. The molecule has 0 amide bonds. The van der Waals surface area contributed by atoms with Gasteiger partial charge in [-0.15, -0.1) is 0 Å². The predicted molar refractivity (Wildman–Crippen MR) is 210 cm³/mol. The van der Waals surface area contributed by atoms with E-state index in [4.69, 9.17) is 24.3 Å². The molecule has 0 fully saturated rings. The van der Waals surface area contributed by atoms with Crippen molar-refractivity contribution in [3.8, 4) is 0 Å². The minimum Gasteiger partial charge on any atom is -0.462 e. The van der Waals surface area contributed by atoms with Crippen LogP contribution in [0.25, 0.3) is 0 Å². The minimum absolute atomic E-state index is 0.0469. The second-order valence-electron chi connectivity index (χ2n) is 12.8. The number of ether oxygens (including phenoxy) is 2. The molecule has 0 heterocycles. The summed E-state index contributed by atoms with van der Waals surface area (Å²) in [7, 11) is -4.38. The van der Waals surface area contributed by atoms with Gasteiger partial charge in [-0.1, -0.05) is 132 Å². The first kappa shape index (κ1) is 48.7. The number of unbranched alkanes of at least 4 members (excludes halogenated alkanes) is 13. The van der Waals surface area contributed by atoms with Crippen LogP contribution < -0.4 is 5.73 Å². The topological polar surface area (TPSA) is 134 Å². The Morgan fingerprint density at radius 2 is 1.08 bits per heavy atom. The third kappa shape index (κ3) is 37.3. The summed E-state index contributed by atoms with van der Waals surface area (Å²) >= 11 is 0. The number of allylic oxidation sites excluding steroid dienone is 10. The van der Waals surface area contributed by atoms with E-state index in [0.717, 1.165) is 109 Å². The van der Waals surface area contributed by atoms with E-state index in [-0.39, 0.29) is 32.6 Å². The van der Waals surface area contributed by atoms with Gasteiger partial charge in [0.1, 0.15) is 6.61 Å². The number of phosphoric ester groups is 1. The molecular formula is C41H72NO8P. The van der Waals surface area contributed by atoms with Crippen molar-refractivity contribution in [2.75, 3.05) is 26.4 Å². The standard InChI is InChI=1S/C41H72NO8P/c1-3-5-7-9-11-13-15-16-17-18-19-20-21-22-24-26-28-30-32-34-41(44)50-39(38-49-51(45,46)48-36-35-42)37-47-40(43)33-31-29-27-25-23-14-12-10-8-6-4-2/h5,7,10-13,16-17,19-20,39H,3-4,6,8-9,14-15,18,21-38,42H2,1-2H3,(H,45,46)/b7-5-,12-10-,13-11-,17-16-,20-19-. The molecule has 0 aliphatic carbocycles. The van der Waals surface area contributed by atoms with Crippen molar-refractivity contribution in [3.63, 3.8) is 0 Å². The number of nitrogens with two attached hydrogens (primary N) is 1. The van der Waals surface area contributed by atoms with E-state index in [0.29, 0.717) is 6.42 Å². The van der Waals surface area contributed by atoms with Crippen LogP contribution in [-0.2, 0) is 32.7 Å². The van der Waals surface area contributed by atoms with Gasteiger partial charge in [0, 0.05) is 19.4 Å². The molecule has 294 valence electrons. The van der Waals surface area contributed by atoms with Gasteiger partial charge in [-0.05, 0) is 70.6 Å². The lowest BCUT2D eigenvalue weighted by molar-refractivity contribution is -0.161. The Morgan fingerprint density at radius 3 is 1.63 bits per heavy atom. The Kier molecular flexibility index (Phi) is 35.8. The van der Waals surface area contributed by atoms with Crippen molar-refractivity contribution in [1.29, 1.82) is 0 Å². The zero-order valence-corrected chi connectivity index (χ0v) is 33.0. The van der Waals surface area contributed by atoms with Crippen LogP contribution in [0.5, 0.6) is 0 Å². The van der Waals surface area contributed by atoms with E-state index >= 15 is 0 Å². The average molecular weight is 738 g/mol. The Balaban J connectivity index is 4.23. The lowest BCUT2D eigenvalue weighted by atomic mass is 10.1. The van der Waals surface area contributed by atoms with Gasteiger partial charge < -0.3 is 20.1 Å². The summed E-state index contributed by atoms with van der Waals surface area (Å²) < 4.78 is 32.6. The van der Waals surface area contributed by atoms with Crippen LogP contribution in [0.15, 0.2) is 60.8 Å². The number of esters is 2. The highest BCUT2D eigenvalue weighted by molar-refractivity contribution is 7.47. The highest BCUT2D eigenvalue weighted by Gasteiger charge is 2.25. The zero-order valence-electron chi connectivity index (χ0n) is 32.1. The van der Waals surface area contributed by atoms with Gasteiger partial charge in [0.15, 0.2) is 6.10 Å². The summed E-state index contributed by atoms with van der Waals surface area (Å²) in [5.74, 6) is -0.863. The van der Waals surface area contributed by atoms with Crippen LogP contribution in [0.4, 0.5) is 0 Å². The summed E-state index contributed by atoms with van der Waals surface area (Å²) in [5.41, 5.74) is 5.33. The molecule has 0 radical (unpaired) electrons. The molecule has 0 aliphatic rings. The fraction of sp³-hybridized carbons (Fsp3) is 0.707. The number of phosphoric acid groups is 1. The van der Waals surface area contributed by atoms with Crippen LogP contribution in [0.1, 0.15) is 155 Å². The SMILES string of the molecule is CC/C=C\C/C=C\C/C=C\C/C=C\CCCCCCCCC(=O)OC(COC(=O)CCCCCCC/C=C\CCCC)COP(=O)(O)OCCN. The smallest absolute Gasteiger partial charge is 0.462 e. The third-order valence-electron chi connectivity index (χ3n) is 7.89. The second kappa shape index (κ2) is 37.5. The predicted octanol–water partition coefficient (Wildman–Crippen LogP) is 10.9. The number of hydrogen-bond acceptors (Lipinski definition) is 8. The van der Waals surface area contributed by atoms with Gasteiger partial charge in [0.25, 0.3) is 0 Å². The summed E-state index contributed by atoms with van der Waals surface area (Å²) in [6.45, 7) is 3.53. The molecule has 9 nitrogen and oxygen atoms in total. The molecule has 0 rings (SSSR count). The molecule has 0 saturated carbocycles. The van der Waals surface area contributed by atoms with Crippen molar-refractivity contribution in [2.45, 2.75) is 161 Å². The molecule has 0 bridgehead atoms. The molecule has 0 aromatic rings. The Morgan fingerprint density at radius 1 is 0.608 bits per heavy atom. The molecular weight excluding hydrogens is 665 g/mol. The summed E-state index contributed by atoms with van der Waals surface area (Å²) in [5, 5.41) is 0. The lowest BCUT2D eigenvalue weighted by Crippen LogP contribution is -2.29.